The van der Waals surface area contributed by atoms with Gasteiger partial charge in [0.25, 0.3) is 11.8 Å². The zero-order chi connectivity index (χ0) is 20.6. The van der Waals surface area contributed by atoms with Gasteiger partial charge in [0.05, 0.1) is 6.04 Å². The highest BCUT2D eigenvalue weighted by Gasteiger charge is 2.27. The Morgan fingerprint density at radius 3 is 2.28 bits per heavy atom. The van der Waals surface area contributed by atoms with Gasteiger partial charge in [-0.2, -0.15) is 0 Å². The molecule has 4 N–H and O–H groups in total. The van der Waals surface area contributed by atoms with E-state index in [4.69, 9.17) is 0 Å². The van der Waals surface area contributed by atoms with E-state index >= 15 is 0 Å². The maximum Gasteiger partial charge on any atom is 0.279 e. The highest BCUT2D eigenvalue weighted by molar-refractivity contribution is 7.10. The minimum atomic E-state index is 0.0588. The predicted molar refractivity (Wildman–Crippen MR) is 116 cm³/mol. The number of hydrogen-bond acceptors (Lipinski definition) is 3. The minimum absolute atomic E-state index is 0.0588. The number of nitrogens with one attached hydrogen (secondary N) is 4. The molecule has 7 heteroatoms. The Bertz CT molecular complexity index is 801. The summed E-state index contributed by atoms with van der Waals surface area (Å²) in [4.78, 5) is 28.5. The average Bonchev–Trinajstić information content (AvgIpc) is 3.25. The molecule has 1 atom stereocenters. The van der Waals surface area contributed by atoms with Crippen molar-refractivity contribution in [3.63, 3.8) is 0 Å². The number of rotatable bonds is 8. The standard InChI is InChI=1S/C22H30N4O2S/c1-3-18-7-4-5-8-19(18)24-22(28)16-26-12-10-25(11-13-26)15-21(27)23-17(2)20-9-6-14-29-20/h4-9,14,17H,3,10-13,15-16H2,1-2H3,(H,23,27)(H,24,28)/p+2/t17-/m0/s1. The van der Waals surface area contributed by atoms with Crippen molar-refractivity contribution < 1.29 is 19.4 Å². The molecule has 0 bridgehead atoms. The highest BCUT2D eigenvalue weighted by atomic mass is 32.1. The summed E-state index contributed by atoms with van der Waals surface area (Å²) in [7, 11) is 0. The van der Waals surface area contributed by atoms with Crippen LogP contribution in [0.15, 0.2) is 41.8 Å². The van der Waals surface area contributed by atoms with Crippen molar-refractivity contribution in [3.05, 3.63) is 52.2 Å². The molecule has 0 radical (unpaired) electrons. The van der Waals surface area contributed by atoms with Gasteiger partial charge in [0.2, 0.25) is 0 Å². The molecule has 0 aliphatic carbocycles. The third-order valence-electron chi connectivity index (χ3n) is 5.51. The topological polar surface area (TPSA) is 67.1 Å². The quantitative estimate of drug-likeness (QED) is 0.486. The van der Waals surface area contributed by atoms with Crippen molar-refractivity contribution in [3.8, 4) is 0 Å². The zero-order valence-corrected chi connectivity index (χ0v) is 18.1. The molecule has 156 valence electrons. The molecule has 1 saturated heterocycles. The first kappa shape index (κ1) is 21.5. The summed E-state index contributed by atoms with van der Waals surface area (Å²) in [6, 6.07) is 12.1. The van der Waals surface area contributed by atoms with Crippen LogP contribution in [0.1, 0.15) is 30.3 Å². The third-order valence-corrected chi connectivity index (χ3v) is 6.56. The molecule has 2 aromatic rings. The van der Waals surface area contributed by atoms with Crippen LogP contribution in [-0.2, 0) is 16.0 Å². The molecule has 2 amide bonds. The molecule has 29 heavy (non-hydrogen) atoms. The fourth-order valence-electron chi connectivity index (χ4n) is 3.81. The van der Waals surface area contributed by atoms with Gasteiger partial charge in [-0.3, -0.25) is 9.59 Å². The lowest BCUT2D eigenvalue weighted by molar-refractivity contribution is -1.00. The van der Waals surface area contributed by atoms with Gasteiger partial charge in [-0.25, -0.2) is 0 Å². The normalized spacial score (nSPS) is 20.1. The van der Waals surface area contributed by atoms with E-state index < -0.39 is 0 Å². The van der Waals surface area contributed by atoms with Gasteiger partial charge in [0.1, 0.15) is 26.2 Å². The summed E-state index contributed by atoms with van der Waals surface area (Å²) in [5.41, 5.74) is 2.08. The molecule has 0 saturated carbocycles. The lowest BCUT2D eigenvalue weighted by atomic mass is 10.1. The van der Waals surface area contributed by atoms with Crippen LogP contribution in [0, 0.1) is 0 Å². The third kappa shape index (κ3) is 6.39. The van der Waals surface area contributed by atoms with Crippen molar-refractivity contribution in [2.45, 2.75) is 26.3 Å². The Labute approximate surface area is 176 Å². The molecule has 1 aliphatic heterocycles. The summed E-state index contributed by atoms with van der Waals surface area (Å²) >= 11 is 1.66. The second-order valence-corrected chi connectivity index (χ2v) is 8.70. The van der Waals surface area contributed by atoms with Crippen LogP contribution in [0.2, 0.25) is 0 Å². The number of thiophene rings is 1. The molecule has 3 rings (SSSR count). The van der Waals surface area contributed by atoms with Crippen molar-refractivity contribution in [1.82, 2.24) is 5.32 Å². The van der Waals surface area contributed by atoms with E-state index in [-0.39, 0.29) is 17.9 Å². The molecule has 1 aromatic heterocycles. The first-order chi connectivity index (χ1) is 14.0. The smallest absolute Gasteiger partial charge is 0.279 e. The summed E-state index contributed by atoms with van der Waals surface area (Å²) in [6.07, 6.45) is 0.901. The van der Waals surface area contributed by atoms with Crippen molar-refractivity contribution >= 4 is 28.8 Å². The maximum absolute atomic E-state index is 12.4. The number of quaternary nitrogens is 2. The predicted octanol–water partition coefficient (Wildman–Crippen LogP) is -0.0902. The summed E-state index contributed by atoms with van der Waals surface area (Å²) in [5.74, 6) is 0.158. The average molecular weight is 417 g/mol. The van der Waals surface area contributed by atoms with Crippen LogP contribution in [0.5, 0.6) is 0 Å². The molecule has 1 aliphatic rings. The zero-order valence-electron chi connectivity index (χ0n) is 17.3. The molecule has 1 fully saturated rings. The fraction of sp³-hybridized carbons (Fsp3) is 0.455. The second-order valence-electron chi connectivity index (χ2n) is 7.72. The van der Waals surface area contributed by atoms with E-state index in [0.717, 1.165) is 43.9 Å². The SMILES string of the molecule is CCc1ccccc1NC(=O)C[NH+]1CC[NH+](CC(=O)N[C@@H](C)c2cccs2)CC1. The highest BCUT2D eigenvalue weighted by Crippen LogP contribution is 2.17. The monoisotopic (exact) mass is 416 g/mol. The van der Waals surface area contributed by atoms with E-state index in [1.807, 2.05) is 36.6 Å². The van der Waals surface area contributed by atoms with Crippen LogP contribution in [-0.4, -0.2) is 51.1 Å². The molecule has 2 heterocycles. The molecular weight excluding hydrogens is 384 g/mol. The van der Waals surface area contributed by atoms with Crippen LogP contribution in [0.4, 0.5) is 5.69 Å². The molecular formula is C22H32N4O2S+2. The van der Waals surface area contributed by atoms with E-state index in [0.29, 0.717) is 13.1 Å². The number of benzene rings is 1. The molecule has 0 spiro atoms. The fourth-order valence-corrected chi connectivity index (χ4v) is 4.55. The van der Waals surface area contributed by atoms with E-state index in [9.17, 15) is 9.59 Å². The number of aryl methyl sites for hydroxylation is 1. The molecule has 1 aromatic carbocycles. The largest absolute Gasteiger partial charge is 0.344 e. The van der Waals surface area contributed by atoms with Crippen molar-refractivity contribution in [2.75, 3.05) is 44.6 Å². The van der Waals surface area contributed by atoms with Gasteiger partial charge in [-0.05, 0) is 36.4 Å². The van der Waals surface area contributed by atoms with Gasteiger partial charge in [0, 0.05) is 10.6 Å². The Balaban J connectivity index is 1.38. The Kier molecular flexibility index (Phi) is 7.80. The van der Waals surface area contributed by atoms with E-state index in [2.05, 4.69) is 29.7 Å². The number of carbonyl (C=O) groups is 2. The lowest BCUT2D eigenvalue weighted by Crippen LogP contribution is -3.28. The van der Waals surface area contributed by atoms with Crippen LogP contribution >= 0.6 is 11.3 Å². The minimum Gasteiger partial charge on any atom is -0.344 e. The van der Waals surface area contributed by atoms with Gasteiger partial charge < -0.3 is 20.4 Å². The number of para-hydroxylation sites is 1. The van der Waals surface area contributed by atoms with Crippen LogP contribution in [0.25, 0.3) is 0 Å². The number of carbonyl (C=O) groups excluding carboxylic acids is 2. The van der Waals surface area contributed by atoms with E-state index in [1.165, 1.54) is 14.7 Å². The summed E-state index contributed by atoms with van der Waals surface area (Å²) in [6.45, 7) is 8.74. The van der Waals surface area contributed by atoms with Crippen LogP contribution < -0.4 is 20.4 Å². The van der Waals surface area contributed by atoms with Gasteiger partial charge in [0.15, 0.2) is 13.1 Å². The lowest BCUT2D eigenvalue weighted by Gasteiger charge is -2.29. The summed E-state index contributed by atoms with van der Waals surface area (Å²) in [5, 5.41) is 8.18. The van der Waals surface area contributed by atoms with Crippen LogP contribution in [0.3, 0.4) is 0 Å². The molecule has 6 nitrogen and oxygen atoms in total. The maximum atomic E-state index is 12.4. The van der Waals surface area contributed by atoms with E-state index in [1.54, 1.807) is 11.3 Å². The Hall–Kier alpha value is -2.22. The van der Waals surface area contributed by atoms with Gasteiger partial charge >= 0.3 is 0 Å². The van der Waals surface area contributed by atoms with Crippen molar-refractivity contribution in [1.29, 1.82) is 0 Å². The Morgan fingerprint density at radius 2 is 1.66 bits per heavy atom. The van der Waals surface area contributed by atoms with Gasteiger partial charge in [-0.1, -0.05) is 31.2 Å². The first-order valence-electron chi connectivity index (χ1n) is 10.4. The number of anilines is 1. The summed E-state index contributed by atoms with van der Waals surface area (Å²) < 4.78 is 0. The van der Waals surface area contributed by atoms with Crippen molar-refractivity contribution in [2.24, 2.45) is 0 Å². The first-order valence-corrected chi connectivity index (χ1v) is 11.3. The molecule has 0 unspecified atom stereocenters. The van der Waals surface area contributed by atoms with Gasteiger partial charge in [-0.15, -0.1) is 11.3 Å². The number of hydrogen-bond donors (Lipinski definition) is 4. The number of piperazine rings is 1. The second kappa shape index (κ2) is 10.5. The Morgan fingerprint density at radius 1 is 1.00 bits per heavy atom. The number of amides is 2.